The van der Waals surface area contributed by atoms with E-state index >= 15 is 0 Å². The van der Waals surface area contributed by atoms with Gasteiger partial charge in [-0.3, -0.25) is 9.72 Å². The van der Waals surface area contributed by atoms with Crippen LogP contribution in [0.15, 0.2) is 83.6 Å². The maximum atomic E-state index is 13.6. The maximum Gasteiger partial charge on any atom is 0.320 e. The number of piperidine rings is 1. The van der Waals surface area contributed by atoms with Crippen LogP contribution in [0.2, 0.25) is 0 Å². The molecule has 52 heavy (non-hydrogen) atoms. The first kappa shape index (κ1) is 36.7. The Morgan fingerprint density at radius 2 is 1.83 bits per heavy atom. The van der Waals surface area contributed by atoms with Crippen molar-refractivity contribution in [3.63, 3.8) is 0 Å². The number of aromatic nitrogens is 3. The van der Waals surface area contributed by atoms with Gasteiger partial charge in [0.15, 0.2) is 5.65 Å². The first-order valence-corrected chi connectivity index (χ1v) is 18.3. The molecule has 1 saturated heterocycles. The number of nitrogens with one attached hydrogen (secondary N) is 2. The van der Waals surface area contributed by atoms with E-state index in [1.807, 2.05) is 94.0 Å². The van der Waals surface area contributed by atoms with E-state index in [1.165, 1.54) is 6.42 Å². The number of ether oxygens (including phenoxy) is 2. The molecule has 4 N–H and O–H groups in total. The summed E-state index contributed by atoms with van der Waals surface area (Å²) in [5.41, 5.74) is 10.2. The van der Waals surface area contributed by atoms with Crippen molar-refractivity contribution in [3.8, 4) is 11.5 Å². The average Bonchev–Trinajstić information content (AvgIpc) is 3.52. The van der Waals surface area contributed by atoms with Gasteiger partial charge in [-0.1, -0.05) is 51.1 Å². The van der Waals surface area contributed by atoms with Crippen molar-refractivity contribution < 1.29 is 14.3 Å². The Morgan fingerprint density at radius 1 is 1.02 bits per heavy atom. The lowest BCUT2D eigenvalue weighted by Gasteiger charge is -2.33. The molecule has 2 aromatic carbocycles. The molecule has 3 atom stereocenters. The Kier molecular flexibility index (Phi) is 11.3. The standard InChI is InChI=1S/C40H53N9O3/c1-27-12-9-10-21-48(27)39-46-45-37-20-17-30(26-49(37)39)52-34-19-18-33(31-15-7-8-16-32(31)34)43-38(50)44-36(25-35(41)40(2,3)4)42-28-13-11-14-29(24-28)51-23-22-47(5)6/h7-8,11,13-17,20,24-27,33-34H,9-10,12,18-19,21-23,41H2,1-6H3,(H2,42,43,44,50). The molecule has 12 heteroatoms. The molecule has 0 bridgehead atoms. The number of amides is 2. The van der Waals surface area contributed by atoms with Crippen LogP contribution in [0.5, 0.6) is 11.5 Å². The third-order valence-corrected chi connectivity index (χ3v) is 9.71. The first-order chi connectivity index (χ1) is 24.9. The lowest BCUT2D eigenvalue weighted by molar-refractivity contribution is 0.171. The number of benzene rings is 2. The monoisotopic (exact) mass is 707 g/mol. The fraction of sp³-hybridized carbons (Fsp3) is 0.450. The number of rotatable bonds is 10. The molecule has 3 unspecified atom stereocenters. The van der Waals surface area contributed by atoms with Gasteiger partial charge in [0.05, 0.1) is 17.9 Å². The SMILES string of the molecule is CC1CCCCN1c1nnc2ccc(OC3CCC(NC(=O)NC(C=C(N)C(C)(C)C)=Nc4cccc(OCCN(C)C)c4)c4ccccc43)cn12. The largest absolute Gasteiger partial charge is 0.492 e. The lowest BCUT2D eigenvalue weighted by Crippen LogP contribution is -2.42. The van der Waals surface area contributed by atoms with Crippen molar-refractivity contribution in [2.45, 2.75) is 78.0 Å². The van der Waals surface area contributed by atoms with E-state index in [4.69, 9.17) is 20.2 Å². The molecule has 2 aromatic heterocycles. The van der Waals surface area contributed by atoms with Crippen molar-refractivity contribution in [2.24, 2.45) is 16.1 Å². The van der Waals surface area contributed by atoms with Crippen molar-refractivity contribution in [1.82, 2.24) is 30.1 Å². The predicted molar refractivity (Wildman–Crippen MR) is 206 cm³/mol. The number of nitrogens with zero attached hydrogens (tertiary/aromatic N) is 6. The number of carbonyl (C=O) groups is 1. The van der Waals surface area contributed by atoms with Gasteiger partial charge in [0, 0.05) is 42.4 Å². The average molecular weight is 708 g/mol. The molecular weight excluding hydrogens is 654 g/mol. The quantitative estimate of drug-likeness (QED) is 0.120. The fourth-order valence-corrected chi connectivity index (χ4v) is 6.61. The van der Waals surface area contributed by atoms with E-state index in [9.17, 15) is 4.79 Å². The predicted octanol–water partition coefficient (Wildman–Crippen LogP) is 6.92. The van der Waals surface area contributed by atoms with Crippen LogP contribution in [0.1, 0.15) is 83.1 Å². The summed E-state index contributed by atoms with van der Waals surface area (Å²) in [5, 5.41) is 15.1. The second kappa shape index (κ2) is 16.1. The van der Waals surface area contributed by atoms with Gasteiger partial charge in [0.1, 0.15) is 30.0 Å². The van der Waals surface area contributed by atoms with Crippen molar-refractivity contribution in [3.05, 3.63) is 89.8 Å². The number of hydrogen-bond donors (Lipinski definition) is 3. The minimum atomic E-state index is -0.369. The Balaban J connectivity index is 1.17. The smallest absolute Gasteiger partial charge is 0.320 e. The number of nitrogens with two attached hydrogens (primary N) is 1. The molecule has 0 saturated carbocycles. The van der Waals surface area contributed by atoms with E-state index in [-0.39, 0.29) is 23.6 Å². The number of pyridine rings is 1. The molecule has 3 heterocycles. The van der Waals surface area contributed by atoms with E-state index in [2.05, 4.69) is 49.7 Å². The molecule has 1 aliphatic carbocycles. The van der Waals surface area contributed by atoms with Gasteiger partial charge in [-0.15, -0.1) is 10.2 Å². The van der Waals surface area contributed by atoms with E-state index in [0.717, 1.165) is 60.8 Å². The Morgan fingerprint density at radius 3 is 2.60 bits per heavy atom. The van der Waals surface area contributed by atoms with E-state index < -0.39 is 0 Å². The molecule has 2 aliphatic rings. The minimum absolute atomic E-state index is 0.178. The van der Waals surface area contributed by atoms with Gasteiger partial charge in [-0.05, 0) is 88.5 Å². The van der Waals surface area contributed by atoms with Crippen LogP contribution in [0, 0.1) is 5.41 Å². The summed E-state index contributed by atoms with van der Waals surface area (Å²) in [6.45, 7) is 10.6. The Bertz CT molecular complexity index is 1910. The number of urea groups is 1. The molecule has 12 nitrogen and oxygen atoms in total. The summed E-state index contributed by atoms with van der Waals surface area (Å²) in [5.74, 6) is 2.64. The summed E-state index contributed by atoms with van der Waals surface area (Å²) in [4.78, 5) is 22.8. The molecular formula is C40H53N9O3. The second-order valence-electron chi connectivity index (χ2n) is 15.1. The summed E-state index contributed by atoms with van der Waals surface area (Å²) >= 11 is 0. The maximum absolute atomic E-state index is 13.6. The Labute approximate surface area is 307 Å². The second-order valence-corrected chi connectivity index (χ2v) is 15.1. The summed E-state index contributed by atoms with van der Waals surface area (Å²) in [6, 6.07) is 19.4. The van der Waals surface area contributed by atoms with Gasteiger partial charge in [0.2, 0.25) is 5.95 Å². The molecule has 1 fully saturated rings. The first-order valence-electron chi connectivity index (χ1n) is 18.3. The van der Waals surface area contributed by atoms with Crippen LogP contribution in [-0.2, 0) is 0 Å². The van der Waals surface area contributed by atoms with Crippen LogP contribution in [0.3, 0.4) is 0 Å². The normalized spacial score (nSPS) is 19.8. The number of fused-ring (bicyclic) bond motifs is 2. The van der Waals surface area contributed by atoms with Crippen LogP contribution in [-0.4, -0.2) is 71.2 Å². The van der Waals surface area contributed by atoms with Crippen molar-refractivity contribution in [2.75, 3.05) is 38.7 Å². The molecule has 6 rings (SSSR count). The van der Waals surface area contributed by atoms with Crippen LogP contribution in [0.25, 0.3) is 5.65 Å². The number of likely N-dealkylation sites (N-methyl/N-ethyl adjacent to an activating group) is 1. The third-order valence-electron chi connectivity index (χ3n) is 9.71. The van der Waals surface area contributed by atoms with Gasteiger partial charge in [0.25, 0.3) is 0 Å². The zero-order valence-corrected chi connectivity index (χ0v) is 31.3. The van der Waals surface area contributed by atoms with Crippen LogP contribution < -0.4 is 30.7 Å². The third kappa shape index (κ3) is 9.03. The van der Waals surface area contributed by atoms with E-state index in [0.29, 0.717) is 42.0 Å². The van der Waals surface area contributed by atoms with Gasteiger partial charge >= 0.3 is 6.03 Å². The van der Waals surface area contributed by atoms with Crippen molar-refractivity contribution in [1.29, 1.82) is 0 Å². The number of anilines is 1. The van der Waals surface area contributed by atoms with Crippen LogP contribution in [0.4, 0.5) is 16.4 Å². The number of hydrogen-bond acceptors (Lipinski definition) is 9. The molecule has 0 radical (unpaired) electrons. The molecule has 1 aliphatic heterocycles. The van der Waals surface area contributed by atoms with E-state index in [1.54, 1.807) is 6.08 Å². The topological polar surface area (TPSA) is 135 Å². The number of allylic oxidation sites excluding steroid dienone is 1. The molecule has 2 amide bonds. The number of carbonyl (C=O) groups excluding carboxylic acids is 1. The highest BCUT2D eigenvalue weighted by Crippen LogP contribution is 2.39. The summed E-state index contributed by atoms with van der Waals surface area (Å²) < 4.78 is 14.6. The molecule has 276 valence electrons. The minimum Gasteiger partial charge on any atom is -0.492 e. The number of amidine groups is 1. The van der Waals surface area contributed by atoms with Crippen LogP contribution >= 0.6 is 0 Å². The highest BCUT2D eigenvalue weighted by Gasteiger charge is 2.30. The van der Waals surface area contributed by atoms with Crippen molar-refractivity contribution >= 4 is 29.1 Å². The molecule has 4 aromatic rings. The molecule has 0 spiro atoms. The zero-order valence-electron chi connectivity index (χ0n) is 31.3. The summed E-state index contributed by atoms with van der Waals surface area (Å²) in [7, 11) is 4.01. The van der Waals surface area contributed by atoms with Gasteiger partial charge < -0.3 is 30.3 Å². The Hall–Kier alpha value is -5.10. The van der Waals surface area contributed by atoms with Gasteiger partial charge in [-0.2, -0.15) is 0 Å². The highest BCUT2D eigenvalue weighted by atomic mass is 16.5. The number of aliphatic imine (C=N–C) groups is 1. The summed E-state index contributed by atoms with van der Waals surface area (Å²) in [6.07, 6.45) is 8.49. The fourth-order valence-electron chi connectivity index (χ4n) is 6.61. The van der Waals surface area contributed by atoms with Gasteiger partial charge in [-0.25, -0.2) is 9.79 Å². The highest BCUT2D eigenvalue weighted by molar-refractivity contribution is 6.05. The lowest BCUT2D eigenvalue weighted by atomic mass is 9.85. The zero-order chi connectivity index (χ0) is 36.8.